The molecule has 1 amide bonds. The van der Waals surface area contributed by atoms with Crippen molar-refractivity contribution in [3.8, 4) is 5.75 Å². The Hall–Kier alpha value is -2.39. The Morgan fingerprint density at radius 1 is 1.33 bits per heavy atom. The second kappa shape index (κ2) is 9.61. The van der Waals surface area contributed by atoms with Gasteiger partial charge in [0.05, 0.1) is 12.4 Å². The normalized spacial score (nSPS) is 16.6. The number of piperidine rings is 1. The topological polar surface area (TPSA) is 80.2 Å². The second-order valence-corrected chi connectivity index (χ2v) is 9.26. The van der Waals surface area contributed by atoms with Gasteiger partial charge in [-0.1, -0.05) is 30.0 Å². The van der Waals surface area contributed by atoms with Gasteiger partial charge < -0.3 is 15.0 Å². The minimum Gasteiger partial charge on any atom is -0.494 e. The van der Waals surface area contributed by atoms with E-state index < -0.39 is 0 Å². The predicted molar refractivity (Wildman–Crippen MR) is 123 cm³/mol. The lowest BCUT2D eigenvalue weighted by Crippen LogP contribution is -2.34. The van der Waals surface area contributed by atoms with Crippen LogP contribution in [0.5, 0.6) is 5.75 Å². The van der Waals surface area contributed by atoms with Gasteiger partial charge >= 0.3 is 0 Å². The molecule has 0 aliphatic carbocycles. The lowest BCUT2D eigenvalue weighted by Gasteiger charge is -2.30. The minimum absolute atomic E-state index is 0.0782. The number of hydrogen-bond donors (Lipinski definition) is 1. The van der Waals surface area contributed by atoms with Gasteiger partial charge in [0.15, 0.2) is 10.8 Å². The molecule has 4 rings (SSSR count). The molecule has 0 saturated carbocycles. The zero-order chi connectivity index (χ0) is 20.9. The molecule has 30 heavy (non-hydrogen) atoms. The van der Waals surface area contributed by atoms with Gasteiger partial charge in [-0.3, -0.25) is 4.79 Å². The molecule has 1 aliphatic heterocycles. The van der Waals surface area contributed by atoms with Gasteiger partial charge in [0.2, 0.25) is 5.91 Å². The number of amides is 1. The van der Waals surface area contributed by atoms with E-state index in [1.54, 1.807) is 11.3 Å². The van der Waals surface area contributed by atoms with E-state index in [0.717, 1.165) is 39.4 Å². The smallest absolute Gasteiger partial charge is 0.234 e. The van der Waals surface area contributed by atoms with Crippen LogP contribution < -0.4 is 15.0 Å². The first kappa shape index (κ1) is 20.9. The molecule has 3 aromatic rings. The van der Waals surface area contributed by atoms with Crippen molar-refractivity contribution in [3.05, 3.63) is 30.6 Å². The summed E-state index contributed by atoms with van der Waals surface area (Å²) in [6.07, 6.45) is 3.99. The highest BCUT2D eigenvalue weighted by Gasteiger charge is 2.21. The van der Waals surface area contributed by atoms with Crippen LogP contribution in [0.3, 0.4) is 0 Å². The van der Waals surface area contributed by atoms with Gasteiger partial charge in [-0.25, -0.2) is 9.97 Å². The van der Waals surface area contributed by atoms with Crippen LogP contribution in [-0.2, 0) is 4.79 Å². The summed E-state index contributed by atoms with van der Waals surface area (Å²) >= 11 is 3.03. The number of anilines is 2. The number of aromatic nitrogens is 3. The average molecular weight is 444 g/mol. The van der Waals surface area contributed by atoms with E-state index in [2.05, 4.69) is 27.1 Å². The highest BCUT2D eigenvalue weighted by atomic mass is 32.2. The van der Waals surface area contributed by atoms with Gasteiger partial charge in [0, 0.05) is 18.8 Å². The lowest BCUT2D eigenvalue weighted by atomic mass is 10.0. The van der Waals surface area contributed by atoms with Crippen molar-refractivity contribution < 1.29 is 9.53 Å². The van der Waals surface area contributed by atoms with E-state index in [1.807, 2.05) is 31.2 Å². The van der Waals surface area contributed by atoms with Crippen molar-refractivity contribution in [1.29, 1.82) is 0 Å². The van der Waals surface area contributed by atoms with E-state index >= 15 is 0 Å². The van der Waals surface area contributed by atoms with Crippen LogP contribution in [0.4, 0.5) is 10.8 Å². The fraction of sp³-hybridized carbons (Fsp3) is 0.429. The molecule has 158 valence electrons. The molecule has 0 spiro atoms. The Kier molecular flexibility index (Phi) is 6.69. The maximum Gasteiger partial charge on any atom is 0.234 e. The number of benzene rings is 1. The second-order valence-electron chi connectivity index (χ2n) is 7.32. The highest BCUT2D eigenvalue weighted by molar-refractivity contribution is 8.00. The summed E-state index contributed by atoms with van der Waals surface area (Å²) < 4.78 is 6.37. The predicted octanol–water partition coefficient (Wildman–Crippen LogP) is 4.45. The highest BCUT2D eigenvalue weighted by Crippen LogP contribution is 2.35. The van der Waals surface area contributed by atoms with Crippen molar-refractivity contribution in [1.82, 2.24) is 15.0 Å². The number of ether oxygens (including phenoxy) is 1. The number of rotatable bonds is 7. The SMILES string of the molecule is CCOc1ccc(NC(=O)CSc2ncnc3nc(N4CCC[C@@H](C)C4)sc23)cc1. The zero-order valence-electron chi connectivity index (χ0n) is 17.1. The molecule has 7 nitrogen and oxygen atoms in total. The molecule has 0 radical (unpaired) electrons. The molecule has 1 atom stereocenters. The number of nitrogens with one attached hydrogen (secondary N) is 1. The van der Waals surface area contributed by atoms with Crippen LogP contribution in [0.25, 0.3) is 10.3 Å². The maximum atomic E-state index is 12.4. The molecule has 1 saturated heterocycles. The first-order valence-corrected chi connectivity index (χ1v) is 11.9. The van der Waals surface area contributed by atoms with Crippen molar-refractivity contribution in [3.63, 3.8) is 0 Å². The lowest BCUT2D eigenvalue weighted by molar-refractivity contribution is -0.113. The number of hydrogen-bond acceptors (Lipinski definition) is 8. The maximum absolute atomic E-state index is 12.4. The molecule has 0 unspecified atom stereocenters. The zero-order valence-corrected chi connectivity index (χ0v) is 18.8. The first-order chi connectivity index (χ1) is 14.6. The molecule has 1 fully saturated rings. The van der Waals surface area contributed by atoms with Crippen molar-refractivity contribution in [2.24, 2.45) is 5.92 Å². The molecular formula is C21H25N5O2S2. The van der Waals surface area contributed by atoms with E-state index in [1.165, 1.54) is 30.9 Å². The largest absolute Gasteiger partial charge is 0.494 e. The van der Waals surface area contributed by atoms with Gasteiger partial charge in [0.1, 0.15) is 21.8 Å². The summed E-state index contributed by atoms with van der Waals surface area (Å²) in [7, 11) is 0. The third-order valence-electron chi connectivity index (χ3n) is 4.86. The summed E-state index contributed by atoms with van der Waals surface area (Å²) in [5, 5.41) is 4.71. The number of nitrogens with zero attached hydrogens (tertiary/aromatic N) is 4. The number of fused-ring (bicyclic) bond motifs is 1. The molecule has 2 aromatic heterocycles. The summed E-state index contributed by atoms with van der Waals surface area (Å²) in [5.74, 6) is 1.66. The standard InChI is InChI=1S/C21H25N5O2S2/c1-3-28-16-8-6-15(7-9-16)24-17(27)12-29-20-18-19(22-13-23-20)25-21(30-18)26-10-4-5-14(2)11-26/h6-9,13-14H,3-5,10-12H2,1-2H3,(H,24,27)/t14-/m1/s1. The minimum atomic E-state index is -0.0782. The summed E-state index contributed by atoms with van der Waals surface area (Å²) in [6, 6.07) is 7.37. The van der Waals surface area contributed by atoms with Gasteiger partial charge in [-0.15, -0.1) is 0 Å². The van der Waals surface area contributed by atoms with Gasteiger partial charge in [-0.05, 0) is 49.9 Å². The van der Waals surface area contributed by atoms with Crippen LogP contribution in [0.2, 0.25) is 0 Å². The van der Waals surface area contributed by atoms with Crippen molar-refractivity contribution >= 4 is 50.2 Å². The molecule has 3 heterocycles. The van der Waals surface area contributed by atoms with Crippen molar-refractivity contribution in [2.45, 2.75) is 31.7 Å². The molecule has 9 heteroatoms. The van der Waals surface area contributed by atoms with E-state index in [0.29, 0.717) is 18.2 Å². The summed E-state index contributed by atoms with van der Waals surface area (Å²) in [4.78, 5) is 28.2. The van der Waals surface area contributed by atoms with Crippen LogP contribution >= 0.6 is 23.1 Å². The Morgan fingerprint density at radius 3 is 2.93 bits per heavy atom. The fourth-order valence-corrected chi connectivity index (χ4v) is 5.38. The number of carbonyl (C=O) groups excluding carboxylic acids is 1. The molecule has 1 aliphatic rings. The van der Waals surface area contributed by atoms with Gasteiger partial charge in [0.25, 0.3) is 0 Å². The molecule has 0 bridgehead atoms. The Morgan fingerprint density at radius 2 is 2.17 bits per heavy atom. The average Bonchev–Trinajstić information content (AvgIpc) is 3.19. The van der Waals surface area contributed by atoms with E-state index in [9.17, 15) is 4.79 Å². The van der Waals surface area contributed by atoms with Crippen molar-refractivity contribution in [2.75, 3.05) is 35.7 Å². The van der Waals surface area contributed by atoms with Crippen LogP contribution in [0.1, 0.15) is 26.7 Å². The Bertz CT molecular complexity index is 1010. The van der Waals surface area contributed by atoms with E-state index in [-0.39, 0.29) is 11.7 Å². The third kappa shape index (κ3) is 5.02. The fourth-order valence-electron chi connectivity index (χ4n) is 3.46. The van der Waals surface area contributed by atoms with Crippen LogP contribution in [-0.4, -0.2) is 46.3 Å². The summed E-state index contributed by atoms with van der Waals surface area (Å²) in [5.41, 5.74) is 1.45. The van der Waals surface area contributed by atoms with Crippen LogP contribution in [0.15, 0.2) is 35.6 Å². The Balaban J connectivity index is 1.40. The quantitative estimate of drug-likeness (QED) is 0.427. The molecule has 1 N–H and O–H groups in total. The monoisotopic (exact) mass is 443 g/mol. The number of carbonyl (C=O) groups is 1. The molecule has 1 aromatic carbocycles. The summed E-state index contributed by atoms with van der Waals surface area (Å²) in [6.45, 7) is 6.90. The van der Waals surface area contributed by atoms with Crippen LogP contribution in [0, 0.1) is 5.92 Å². The third-order valence-corrected chi connectivity index (χ3v) is 7.09. The number of thiazole rings is 1. The molecular weight excluding hydrogens is 418 g/mol. The number of thioether (sulfide) groups is 1. The van der Waals surface area contributed by atoms with E-state index in [4.69, 9.17) is 9.72 Å². The van der Waals surface area contributed by atoms with Gasteiger partial charge in [-0.2, -0.15) is 4.98 Å². The first-order valence-electron chi connectivity index (χ1n) is 10.1. The Labute approximate surface area is 184 Å².